The summed E-state index contributed by atoms with van der Waals surface area (Å²) in [5.41, 5.74) is 0.712. The Labute approximate surface area is 129 Å². The summed E-state index contributed by atoms with van der Waals surface area (Å²) in [5.74, 6) is -0.241. The molecule has 0 saturated carbocycles. The van der Waals surface area contributed by atoms with Gasteiger partial charge in [0, 0.05) is 4.88 Å². The number of carboxylic acids is 1. The fourth-order valence-corrected chi connectivity index (χ4v) is 3.92. The van der Waals surface area contributed by atoms with Crippen molar-refractivity contribution in [1.82, 2.24) is 9.97 Å². The van der Waals surface area contributed by atoms with E-state index in [1.54, 1.807) is 18.3 Å². The number of aryl methyl sites for hydroxylation is 1. The van der Waals surface area contributed by atoms with Gasteiger partial charge in [-0.1, -0.05) is 6.07 Å². The standard InChI is InChI=1S/C14H13N3O2S2/c1-7-10-12(17-8(2)9-4-3-5-20-9)15-6-16-13(10)21-11(7)14(18)19/h3-6,8H,1-2H3,(H,18,19)(H,15,16,17)/t8-/m0/s1. The third-order valence-corrected chi connectivity index (χ3v) is 5.49. The number of aromatic nitrogens is 2. The molecule has 5 nitrogen and oxygen atoms in total. The lowest BCUT2D eigenvalue weighted by Gasteiger charge is -2.13. The highest BCUT2D eigenvalue weighted by molar-refractivity contribution is 7.20. The van der Waals surface area contributed by atoms with Crippen molar-refractivity contribution >= 4 is 44.7 Å². The minimum absolute atomic E-state index is 0.107. The number of carbonyl (C=O) groups is 1. The first kappa shape index (κ1) is 14.0. The van der Waals surface area contributed by atoms with E-state index in [-0.39, 0.29) is 6.04 Å². The fourth-order valence-electron chi connectivity index (χ4n) is 2.20. The van der Waals surface area contributed by atoms with Gasteiger partial charge in [-0.25, -0.2) is 14.8 Å². The van der Waals surface area contributed by atoms with Gasteiger partial charge >= 0.3 is 5.97 Å². The SMILES string of the molecule is Cc1c(C(=O)O)sc2ncnc(N[C@@H](C)c3cccs3)c12. The molecule has 0 spiro atoms. The predicted molar refractivity (Wildman–Crippen MR) is 85.5 cm³/mol. The number of rotatable bonds is 4. The number of hydrogen-bond acceptors (Lipinski definition) is 6. The zero-order valence-electron chi connectivity index (χ0n) is 11.5. The summed E-state index contributed by atoms with van der Waals surface area (Å²) in [6.45, 7) is 3.85. The molecule has 3 aromatic rings. The molecule has 0 unspecified atom stereocenters. The van der Waals surface area contributed by atoms with Gasteiger partial charge in [0.1, 0.15) is 21.9 Å². The van der Waals surface area contributed by atoms with Gasteiger partial charge in [0.15, 0.2) is 0 Å². The number of nitrogens with zero attached hydrogens (tertiary/aromatic N) is 2. The predicted octanol–water partition coefficient (Wildman–Crippen LogP) is 3.93. The molecule has 21 heavy (non-hydrogen) atoms. The van der Waals surface area contributed by atoms with Crippen molar-refractivity contribution in [3.63, 3.8) is 0 Å². The molecular weight excluding hydrogens is 306 g/mol. The maximum Gasteiger partial charge on any atom is 0.346 e. The minimum atomic E-state index is -0.923. The molecule has 0 aliphatic carbocycles. The first-order valence-electron chi connectivity index (χ1n) is 6.35. The Balaban J connectivity index is 2.04. The molecule has 3 heterocycles. The summed E-state index contributed by atoms with van der Waals surface area (Å²) < 4.78 is 0. The molecule has 3 aromatic heterocycles. The Bertz CT molecular complexity index is 796. The van der Waals surface area contributed by atoms with Gasteiger partial charge in [-0.15, -0.1) is 22.7 Å². The van der Waals surface area contributed by atoms with Crippen LogP contribution in [-0.4, -0.2) is 21.0 Å². The highest BCUT2D eigenvalue weighted by Crippen LogP contribution is 2.34. The molecule has 0 bridgehead atoms. The van der Waals surface area contributed by atoms with Gasteiger partial charge < -0.3 is 10.4 Å². The molecule has 0 amide bonds. The number of anilines is 1. The summed E-state index contributed by atoms with van der Waals surface area (Å²) in [5, 5.41) is 15.4. The first-order chi connectivity index (χ1) is 10.1. The van der Waals surface area contributed by atoms with E-state index in [0.29, 0.717) is 21.1 Å². The average Bonchev–Trinajstić information content (AvgIpc) is 3.07. The van der Waals surface area contributed by atoms with Gasteiger partial charge in [0.05, 0.1) is 11.4 Å². The monoisotopic (exact) mass is 319 g/mol. The Morgan fingerprint density at radius 2 is 2.24 bits per heavy atom. The van der Waals surface area contributed by atoms with Crippen LogP contribution in [0, 0.1) is 6.92 Å². The van der Waals surface area contributed by atoms with E-state index in [1.165, 1.54) is 22.5 Å². The normalized spacial score (nSPS) is 12.5. The molecule has 108 valence electrons. The van der Waals surface area contributed by atoms with Crippen LogP contribution in [-0.2, 0) is 0 Å². The van der Waals surface area contributed by atoms with Crippen LogP contribution in [0.15, 0.2) is 23.8 Å². The Kier molecular flexibility index (Phi) is 3.60. The third kappa shape index (κ3) is 2.50. The van der Waals surface area contributed by atoms with Crippen molar-refractivity contribution in [2.24, 2.45) is 0 Å². The summed E-state index contributed by atoms with van der Waals surface area (Å²) in [6, 6.07) is 4.17. The van der Waals surface area contributed by atoms with Gasteiger partial charge in [-0.3, -0.25) is 0 Å². The highest BCUT2D eigenvalue weighted by Gasteiger charge is 2.19. The summed E-state index contributed by atoms with van der Waals surface area (Å²) in [4.78, 5) is 21.9. The lowest BCUT2D eigenvalue weighted by molar-refractivity contribution is 0.0701. The highest BCUT2D eigenvalue weighted by atomic mass is 32.1. The second-order valence-corrected chi connectivity index (χ2v) is 6.62. The molecular formula is C14H13N3O2S2. The molecule has 1 atom stereocenters. The van der Waals surface area contributed by atoms with Crippen molar-refractivity contribution < 1.29 is 9.90 Å². The fraction of sp³-hybridized carbons (Fsp3) is 0.214. The molecule has 7 heteroatoms. The van der Waals surface area contributed by atoms with Crippen LogP contribution in [0.4, 0.5) is 5.82 Å². The average molecular weight is 319 g/mol. The number of aromatic carboxylic acids is 1. The lowest BCUT2D eigenvalue weighted by atomic mass is 10.2. The van der Waals surface area contributed by atoms with E-state index in [4.69, 9.17) is 0 Å². The minimum Gasteiger partial charge on any atom is -0.477 e. The van der Waals surface area contributed by atoms with Gasteiger partial charge in [0.2, 0.25) is 0 Å². The third-order valence-electron chi connectivity index (χ3n) is 3.24. The summed E-state index contributed by atoms with van der Waals surface area (Å²) >= 11 is 2.86. The molecule has 3 rings (SSSR count). The van der Waals surface area contributed by atoms with Crippen LogP contribution < -0.4 is 5.32 Å². The molecule has 0 aliphatic heterocycles. The summed E-state index contributed by atoms with van der Waals surface area (Å²) in [6.07, 6.45) is 1.47. The number of fused-ring (bicyclic) bond motifs is 1. The van der Waals surface area contributed by atoms with Gasteiger partial charge in [-0.05, 0) is 30.9 Å². The van der Waals surface area contributed by atoms with Crippen LogP contribution in [0.1, 0.15) is 33.1 Å². The van der Waals surface area contributed by atoms with Crippen LogP contribution >= 0.6 is 22.7 Å². The largest absolute Gasteiger partial charge is 0.477 e. The smallest absolute Gasteiger partial charge is 0.346 e. The number of nitrogens with one attached hydrogen (secondary N) is 1. The van der Waals surface area contributed by atoms with E-state index in [9.17, 15) is 9.90 Å². The zero-order valence-corrected chi connectivity index (χ0v) is 13.1. The van der Waals surface area contributed by atoms with Crippen molar-refractivity contribution in [3.05, 3.63) is 39.2 Å². The van der Waals surface area contributed by atoms with E-state index in [2.05, 4.69) is 28.3 Å². The first-order valence-corrected chi connectivity index (χ1v) is 8.05. The molecule has 0 fully saturated rings. The van der Waals surface area contributed by atoms with Crippen molar-refractivity contribution in [3.8, 4) is 0 Å². The van der Waals surface area contributed by atoms with Crippen LogP contribution in [0.2, 0.25) is 0 Å². The van der Waals surface area contributed by atoms with Gasteiger partial charge in [-0.2, -0.15) is 0 Å². The van der Waals surface area contributed by atoms with Crippen LogP contribution in [0.3, 0.4) is 0 Å². The Morgan fingerprint density at radius 3 is 2.90 bits per heavy atom. The van der Waals surface area contributed by atoms with Crippen LogP contribution in [0.5, 0.6) is 0 Å². The van der Waals surface area contributed by atoms with Crippen molar-refractivity contribution in [2.75, 3.05) is 5.32 Å². The number of carboxylic acid groups (broad SMARTS) is 1. The Hall–Kier alpha value is -1.99. The summed E-state index contributed by atoms with van der Waals surface area (Å²) in [7, 11) is 0. The van der Waals surface area contributed by atoms with E-state index in [1.807, 2.05) is 11.4 Å². The Morgan fingerprint density at radius 1 is 1.43 bits per heavy atom. The van der Waals surface area contributed by atoms with E-state index < -0.39 is 5.97 Å². The molecule has 0 radical (unpaired) electrons. The molecule has 2 N–H and O–H groups in total. The van der Waals surface area contributed by atoms with Crippen molar-refractivity contribution in [2.45, 2.75) is 19.9 Å². The second-order valence-electron chi connectivity index (χ2n) is 4.65. The molecule has 0 aromatic carbocycles. The quantitative estimate of drug-likeness (QED) is 0.762. The maximum atomic E-state index is 11.3. The zero-order chi connectivity index (χ0) is 15.0. The number of thiophene rings is 2. The van der Waals surface area contributed by atoms with E-state index in [0.717, 1.165) is 5.39 Å². The van der Waals surface area contributed by atoms with E-state index >= 15 is 0 Å². The van der Waals surface area contributed by atoms with Crippen LogP contribution in [0.25, 0.3) is 10.2 Å². The topological polar surface area (TPSA) is 75.1 Å². The molecule has 0 saturated heterocycles. The number of hydrogen-bond donors (Lipinski definition) is 2. The molecule has 0 aliphatic rings. The second kappa shape index (κ2) is 5.42. The maximum absolute atomic E-state index is 11.3. The van der Waals surface area contributed by atoms with Gasteiger partial charge in [0.25, 0.3) is 0 Å². The lowest BCUT2D eigenvalue weighted by Crippen LogP contribution is -2.07. The van der Waals surface area contributed by atoms with Crippen molar-refractivity contribution in [1.29, 1.82) is 0 Å².